The number of benzene rings is 4. The summed E-state index contributed by atoms with van der Waals surface area (Å²) in [6.45, 7) is 5.30. The van der Waals surface area contributed by atoms with Crippen LogP contribution in [0.4, 0.5) is 25.8 Å². The van der Waals surface area contributed by atoms with Crippen molar-refractivity contribution in [2.24, 2.45) is 5.73 Å². The van der Waals surface area contributed by atoms with Gasteiger partial charge in [0, 0.05) is 100 Å². The Kier molecular flexibility index (Phi) is 21.9. The van der Waals surface area contributed by atoms with Gasteiger partial charge in [0.25, 0.3) is 6.26 Å². The van der Waals surface area contributed by atoms with Gasteiger partial charge < -0.3 is 50.6 Å². The zero-order valence-corrected chi connectivity index (χ0v) is 45.7. The van der Waals surface area contributed by atoms with Crippen molar-refractivity contribution in [1.82, 2.24) is 38.7 Å². The molecule has 2 aromatic heterocycles. The number of rotatable bonds is 13. The van der Waals surface area contributed by atoms with Crippen LogP contribution in [0.2, 0.25) is 0 Å². The Balaban J connectivity index is 0.000000254. The molecular formula is C52H64KN12O8+. The third kappa shape index (κ3) is 15.7. The van der Waals surface area contributed by atoms with Crippen molar-refractivity contribution in [2.75, 3.05) is 79.8 Å². The Labute approximate surface area is 468 Å². The standard InChI is InChI=1S/C26H32N6O4.C25H31N5O3.CHNO.K/c1-30(21-9-11-31(12-10-21)15-18-7-8-23(35-2)24(13-18)36-3)26(34)32-16-22(28-17-32)19-5-4-6-20(14-19)29-25(27)33;1-28(25(31)30-16-22(27-17-30)19-5-4-6-20(26)14-19)21-9-11-29(12-10-21)15-18-7-8-23(32-2)24(13-18)33-3;2-1-3;/h4-8,13-14,16-17,21H,9-12,15H2,1-3H3,(H3,27,29,33);4-8,13-14,16-17,21H,9-12,15,26H2,1-3H3;3H;/q;;;+1. The first-order valence-electron chi connectivity index (χ1n) is 23.3. The molecule has 73 heavy (non-hydrogen) atoms. The van der Waals surface area contributed by atoms with E-state index in [1.165, 1.54) is 16.5 Å². The number of ether oxygens (including phenoxy) is 4. The number of carbonyl (C=O) groups excluding carboxylic acids is 3. The van der Waals surface area contributed by atoms with E-state index in [1.807, 2.05) is 73.6 Å². The molecule has 2 aliphatic rings. The number of nitrogens with two attached hydrogens (primary N) is 2. The molecule has 0 radical (unpaired) electrons. The maximum Gasteiger partial charge on any atom is 1.00 e. The number of carbonyl (C=O) groups is 3. The van der Waals surface area contributed by atoms with Crippen LogP contribution in [0.3, 0.4) is 0 Å². The topological polar surface area (TPSA) is 245 Å². The molecule has 2 fully saturated rings. The number of nitrogen functional groups attached to an aromatic ring is 1. The van der Waals surface area contributed by atoms with E-state index < -0.39 is 6.03 Å². The summed E-state index contributed by atoms with van der Waals surface area (Å²) in [6.07, 6.45) is 10.9. The van der Waals surface area contributed by atoms with Gasteiger partial charge in [0.05, 0.1) is 39.8 Å². The van der Waals surface area contributed by atoms with Crippen LogP contribution in [-0.4, -0.2) is 143 Å². The predicted octanol–water partition coefficient (Wildman–Crippen LogP) is 4.18. The van der Waals surface area contributed by atoms with Crippen molar-refractivity contribution in [3.8, 4) is 51.8 Å². The zero-order chi connectivity index (χ0) is 51.7. The fourth-order valence-electron chi connectivity index (χ4n) is 8.83. The van der Waals surface area contributed by atoms with E-state index in [4.69, 9.17) is 40.8 Å². The Morgan fingerprint density at radius 3 is 1.48 bits per heavy atom. The molecular weight excluding hydrogens is 960 g/mol. The molecule has 8 rings (SSSR count). The van der Waals surface area contributed by atoms with Gasteiger partial charge in [-0.15, -0.1) is 0 Å². The van der Waals surface area contributed by atoms with Crippen LogP contribution in [0, 0.1) is 11.5 Å². The summed E-state index contributed by atoms with van der Waals surface area (Å²) in [4.78, 5) is 54.5. The van der Waals surface area contributed by atoms with E-state index >= 15 is 0 Å². The number of aromatic nitrogens is 4. The van der Waals surface area contributed by atoms with E-state index in [1.54, 1.807) is 74.8 Å². The molecule has 0 aliphatic carbocycles. The predicted molar refractivity (Wildman–Crippen MR) is 273 cm³/mol. The number of nitrogens with zero attached hydrogens (tertiary/aromatic N) is 9. The summed E-state index contributed by atoms with van der Waals surface area (Å²) >= 11 is 0. The number of aliphatic hydroxyl groups excluding tert-OH is 1. The largest absolute Gasteiger partial charge is 1.00 e. The molecule has 0 atom stereocenters. The van der Waals surface area contributed by atoms with Crippen LogP contribution in [0.25, 0.3) is 22.5 Å². The molecule has 4 amide bonds. The molecule has 0 saturated carbocycles. The number of nitriles is 1. The van der Waals surface area contributed by atoms with Crippen molar-refractivity contribution >= 4 is 29.5 Å². The molecule has 4 aromatic carbocycles. The third-order valence-electron chi connectivity index (χ3n) is 12.7. The van der Waals surface area contributed by atoms with E-state index in [0.717, 1.165) is 117 Å². The summed E-state index contributed by atoms with van der Waals surface area (Å²) in [7, 11) is 10.3. The number of hydrogen-bond donors (Lipinski definition) is 4. The summed E-state index contributed by atoms with van der Waals surface area (Å²) in [6, 6.07) is 26.2. The molecule has 21 heteroatoms. The summed E-state index contributed by atoms with van der Waals surface area (Å²) in [5.41, 5.74) is 17.7. The molecule has 0 spiro atoms. The minimum atomic E-state index is -0.635. The Bertz CT molecular complexity index is 2800. The molecule has 380 valence electrons. The van der Waals surface area contributed by atoms with Crippen LogP contribution in [0.5, 0.6) is 23.0 Å². The summed E-state index contributed by atoms with van der Waals surface area (Å²) < 4.78 is 24.5. The van der Waals surface area contributed by atoms with Crippen LogP contribution in [0.15, 0.2) is 110 Å². The maximum atomic E-state index is 13.1. The minimum Gasteiger partial charge on any atom is -0.493 e. The number of methoxy groups -OCH3 is 4. The summed E-state index contributed by atoms with van der Waals surface area (Å²) in [5.74, 6) is 2.93. The molecule has 2 aliphatic heterocycles. The number of likely N-dealkylation sites (tertiary alicyclic amines) is 2. The van der Waals surface area contributed by atoms with Gasteiger partial charge in [0.1, 0.15) is 12.7 Å². The number of piperidine rings is 2. The Morgan fingerprint density at radius 1 is 0.671 bits per heavy atom. The van der Waals surface area contributed by atoms with Gasteiger partial charge in [0.2, 0.25) is 0 Å². The molecule has 20 nitrogen and oxygen atoms in total. The van der Waals surface area contributed by atoms with E-state index in [-0.39, 0.29) is 75.5 Å². The average molecular weight is 1020 g/mol. The second-order valence-electron chi connectivity index (χ2n) is 17.3. The molecule has 2 saturated heterocycles. The molecule has 0 unspecified atom stereocenters. The molecule has 6 N–H and O–H groups in total. The summed E-state index contributed by atoms with van der Waals surface area (Å²) in [5, 5.41) is 16.3. The minimum absolute atomic E-state index is 0. The monoisotopic (exact) mass is 1020 g/mol. The van der Waals surface area contributed by atoms with Gasteiger partial charge in [0.15, 0.2) is 23.0 Å². The van der Waals surface area contributed by atoms with E-state index in [2.05, 4.69) is 37.2 Å². The molecule has 4 heterocycles. The van der Waals surface area contributed by atoms with Crippen LogP contribution in [0.1, 0.15) is 36.8 Å². The number of hydrogen-bond acceptors (Lipinski definition) is 14. The van der Waals surface area contributed by atoms with Crippen molar-refractivity contribution in [1.29, 1.82) is 5.26 Å². The van der Waals surface area contributed by atoms with Gasteiger partial charge in [-0.25, -0.2) is 24.4 Å². The number of urea groups is 1. The van der Waals surface area contributed by atoms with Crippen molar-refractivity contribution in [2.45, 2.75) is 50.9 Å². The first kappa shape index (κ1) is 57.3. The zero-order valence-electron chi connectivity index (χ0n) is 42.6. The normalized spacial score (nSPS) is 13.8. The Hall–Kier alpha value is -6.64. The second-order valence-corrected chi connectivity index (χ2v) is 17.3. The number of amides is 4. The van der Waals surface area contributed by atoms with Gasteiger partial charge in [-0.3, -0.25) is 18.9 Å². The van der Waals surface area contributed by atoms with Crippen molar-refractivity contribution in [3.63, 3.8) is 0 Å². The number of primary amides is 1. The van der Waals surface area contributed by atoms with E-state index in [9.17, 15) is 14.4 Å². The number of nitrogens with one attached hydrogen (secondary N) is 1. The smallest absolute Gasteiger partial charge is 0.493 e. The SMILES string of the molecule is COc1ccc(CN2CCC(N(C)C(=O)n3cnc(-c4cccc(N)c4)c3)CC2)cc1OC.COc1ccc(CN2CCC(N(C)C(=O)n3cnc(-c4cccc(NC(N)=O)c4)c3)CC2)cc1OC.N#CO.[K+]. The van der Waals surface area contributed by atoms with Crippen molar-refractivity contribution < 1.29 is 89.8 Å². The van der Waals surface area contributed by atoms with Crippen molar-refractivity contribution in [3.05, 3.63) is 121 Å². The first-order chi connectivity index (χ1) is 34.8. The maximum absolute atomic E-state index is 13.1. The van der Waals surface area contributed by atoms with Gasteiger partial charge >= 0.3 is 69.5 Å². The van der Waals surface area contributed by atoms with Crippen LogP contribution < -0.4 is 87.1 Å². The third-order valence-corrected chi connectivity index (χ3v) is 12.7. The Morgan fingerprint density at radius 2 is 1.08 bits per heavy atom. The van der Waals surface area contributed by atoms with Gasteiger partial charge in [-0.1, -0.05) is 36.4 Å². The van der Waals surface area contributed by atoms with Gasteiger partial charge in [-0.05, 0) is 85.3 Å². The van der Waals surface area contributed by atoms with Gasteiger partial charge in [-0.2, -0.15) is 5.26 Å². The number of imidazole rings is 2. The second kappa shape index (κ2) is 28.0. The number of anilines is 2. The van der Waals surface area contributed by atoms with Crippen LogP contribution >= 0.6 is 0 Å². The quantitative estimate of drug-likeness (QED) is 0.0721. The van der Waals surface area contributed by atoms with E-state index in [0.29, 0.717) is 17.1 Å². The first-order valence-corrected chi connectivity index (χ1v) is 23.3. The fourth-order valence-corrected chi connectivity index (χ4v) is 8.83. The van der Waals surface area contributed by atoms with Crippen LogP contribution in [-0.2, 0) is 13.1 Å². The number of aliphatic hydroxyl groups is 1. The fraction of sp³-hybridized carbons (Fsp3) is 0.346. The molecule has 0 bridgehead atoms. The average Bonchev–Trinajstić information content (AvgIpc) is 4.11. The molecule has 6 aromatic rings.